The number of carbonyl (C=O) groups is 2. The van der Waals surface area contributed by atoms with Crippen LogP contribution in [0.4, 0.5) is 16.5 Å². The molecule has 0 radical (unpaired) electrons. The number of ether oxygens (including phenoxy) is 3. The van der Waals surface area contributed by atoms with Gasteiger partial charge in [-0.1, -0.05) is 0 Å². The Balaban J connectivity index is 1.45. The first-order chi connectivity index (χ1) is 13.1. The molecule has 0 saturated heterocycles. The Morgan fingerprint density at radius 3 is 2.89 bits per heavy atom. The summed E-state index contributed by atoms with van der Waals surface area (Å²) in [5, 5.41) is 9.70. The number of thiazole rings is 1. The number of amides is 1. The predicted octanol–water partition coefficient (Wildman–Crippen LogP) is 3.72. The lowest BCUT2D eigenvalue weighted by Crippen LogP contribution is -2.14. The minimum absolute atomic E-state index is 0.205. The molecule has 8 nitrogen and oxygen atoms in total. The van der Waals surface area contributed by atoms with Crippen molar-refractivity contribution in [2.45, 2.75) is 0 Å². The van der Waals surface area contributed by atoms with E-state index in [1.54, 1.807) is 29.0 Å². The van der Waals surface area contributed by atoms with Crippen LogP contribution in [0.3, 0.4) is 0 Å². The highest BCUT2D eigenvalue weighted by Crippen LogP contribution is 2.35. The van der Waals surface area contributed by atoms with Crippen LogP contribution in [-0.4, -0.2) is 30.8 Å². The van der Waals surface area contributed by atoms with Crippen LogP contribution in [0, 0.1) is 0 Å². The van der Waals surface area contributed by atoms with Gasteiger partial charge in [-0.15, -0.1) is 22.7 Å². The molecule has 1 aliphatic rings. The fourth-order valence-electron chi connectivity index (χ4n) is 2.38. The average Bonchev–Trinajstić information content (AvgIpc) is 3.41. The van der Waals surface area contributed by atoms with Crippen molar-refractivity contribution in [1.82, 2.24) is 4.98 Å². The molecule has 3 heterocycles. The topological polar surface area (TPSA) is 98.8 Å². The monoisotopic (exact) mass is 403 g/mol. The summed E-state index contributed by atoms with van der Waals surface area (Å²) in [4.78, 5) is 28.7. The average molecular weight is 403 g/mol. The van der Waals surface area contributed by atoms with Gasteiger partial charge < -0.3 is 24.8 Å². The van der Waals surface area contributed by atoms with Crippen molar-refractivity contribution in [3.63, 3.8) is 0 Å². The molecule has 0 atom stereocenters. The van der Waals surface area contributed by atoms with Crippen LogP contribution in [0.5, 0.6) is 11.5 Å². The number of methoxy groups -OCH3 is 1. The van der Waals surface area contributed by atoms with Gasteiger partial charge in [-0.05, 0) is 23.6 Å². The van der Waals surface area contributed by atoms with E-state index in [9.17, 15) is 9.59 Å². The van der Waals surface area contributed by atoms with Gasteiger partial charge in [-0.3, -0.25) is 4.79 Å². The molecule has 3 aromatic rings. The van der Waals surface area contributed by atoms with E-state index in [2.05, 4.69) is 15.6 Å². The van der Waals surface area contributed by atoms with Crippen molar-refractivity contribution >= 4 is 51.1 Å². The van der Waals surface area contributed by atoms with E-state index in [1.165, 1.54) is 29.8 Å². The molecule has 2 N–H and O–H groups in total. The number of fused-ring (bicyclic) bond motifs is 1. The number of thiophene rings is 1. The normalized spacial score (nSPS) is 11.9. The number of nitrogens with one attached hydrogen (secondary N) is 2. The largest absolute Gasteiger partial charge is 0.465 e. The van der Waals surface area contributed by atoms with E-state index in [1.807, 2.05) is 6.07 Å². The van der Waals surface area contributed by atoms with Gasteiger partial charge in [0.25, 0.3) is 5.91 Å². The molecule has 0 unspecified atom stereocenters. The summed E-state index contributed by atoms with van der Waals surface area (Å²) in [6.45, 7) is 0.205. The van der Waals surface area contributed by atoms with E-state index in [0.717, 1.165) is 5.69 Å². The zero-order chi connectivity index (χ0) is 18.8. The molecule has 10 heteroatoms. The summed E-state index contributed by atoms with van der Waals surface area (Å²) in [5.74, 6) is 0.441. The highest BCUT2D eigenvalue weighted by Gasteiger charge is 2.18. The molecule has 2 aromatic heterocycles. The molecule has 0 aliphatic carbocycles. The van der Waals surface area contributed by atoms with Crippen LogP contribution in [-0.2, 0) is 4.74 Å². The second kappa shape index (κ2) is 7.25. The third-order valence-electron chi connectivity index (χ3n) is 3.64. The second-order valence-electron chi connectivity index (χ2n) is 5.34. The third-order valence-corrected chi connectivity index (χ3v) is 5.30. The van der Waals surface area contributed by atoms with Crippen LogP contribution in [0.15, 0.2) is 35.0 Å². The number of anilines is 3. The standard InChI is InChI=1S/C17H13N3O5S2/c1-23-16(22)14-10(4-5-26-14)19-15(21)11-7-27-17(20-11)18-9-2-3-12-13(6-9)25-8-24-12/h2-7H,8H2,1H3,(H,18,20)(H,19,21). The molecule has 27 heavy (non-hydrogen) atoms. The molecule has 1 aromatic carbocycles. The predicted molar refractivity (Wildman–Crippen MR) is 102 cm³/mol. The molecule has 0 bridgehead atoms. The van der Waals surface area contributed by atoms with E-state index < -0.39 is 11.9 Å². The first-order valence-corrected chi connectivity index (χ1v) is 9.49. The van der Waals surface area contributed by atoms with Crippen molar-refractivity contribution in [2.24, 2.45) is 0 Å². The zero-order valence-electron chi connectivity index (χ0n) is 14.0. The van der Waals surface area contributed by atoms with Crippen LogP contribution in [0.2, 0.25) is 0 Å². The summed E-state index contributed by atoms with van der Waals surface area (Å²) in [7, 11) is 1.29. The van der Waals surface area contributed by atoms with E-state index in [0.29, 0.717) is 27.2 Å². The number of rotatable bonds is 5. The summed E-state index contributed by atoms with van der Waals surface area (Å²) < 4.78 is 15.3. The molecule has 138 valence electrons. The molecule has 4 rings (SSSR count). The Morgan fingerprint density at radius 1 is 1.19 bits per heavy atom. The van der Waals surface area contributed by atoms with Crippen LogP contribution in [0.1, 0.15) is 20.2 Å². The molecule has 0 fully saturated rings. The number of aromatic nitrogens is 1. The van der Waals surface area contributed by atoms with Gasteiger partial charge in [0.2, 0.25) is 6.79 Å². The maximum absolute atomic E-state index is 12.4. The van der Waals surface area contributed by atoms with E-state index in [4.69, 9.17) is 14.2 Å². The Labute approximate surface area is 161 Å². The highest BCUT2D eigenvalue weighted by atomic mass is 32.1. The van der Waals surface area contributed by atoms with Crippen LogP contribution < -0.4 is 20.1 Å². The Kier molecular flexibility index (Phi) is 4.65. The lowest BCUT2D eigenvalue weighted by atomic mass is 10.3. The first kappa shape index (κ1) is 17.3. The first-order valence-electron chi connectivity index (χ1n) is 7.73. The molecule has 1 amide bonds. The SMILES string of the molecule is COC(=O)c1sccc1NC(=O)c1csc(Nc2ccc3c(c2)OCO3)n1. The van der Waals surface area contributed by atoms with Gasteiger partial charge >= 0.3 is 5.97 Å². The van der Waals surface area contributed by atoms with Crippen molar-refractivity contribution < 1.29 is 23.8 Å². The summed E-state index contributed by atoms with van der Waals surface area (Å²) in [5.41, 5.74) is 1.41. The maximum atomic E-state index is 12.4. The summed E-state index contributed by atoms with van der Waals surface area (Å²) >= 11 is 2.48. The third kappa shape index (κ3) is 3.57. The van der Waals surface area contributed by atoms with Crippen molar-refractivity contribution in [3.05, 3.63) is 45.6 Å². The molecular weight excluding hydrogens is 390 g/mol. The van der Waals surface area contributed by atoms with Crippen LogP contribution in [0.25, 0.3) is 0 Å². The number of esters is 1. The number of hydrogen-bond donors (Lipinski definition) is 2. The van der Waals surface area contributed by atoms with Crippen LogP contribution >= 0.6 is 22.7 Å². The van der Waals surface area contributed by atoms with Crippen molar-refractivity contribution in [3.8, 4) is 11.5 Å². The molecule has 0 saturated carbocycles. The number of hydrogen-bond acceptors (Lipinski definition) is 9. The summed E-state index contributed by atoms with van der Waals surface area (Å²) in [6.07, 6.45) is 0. The van der Waals surface area contributed by atoms with Gasteiger partial charge in [0.05, 0.1) is 12.8 Å². The van der Waals surface area contributed by atoms with Crippen molar-refractivity contribution in [2.75, 3.05) is 24.5 Å². The second-order valence-corrected chi connectivity index (χ2v) is 7.11. The van der Waals surface area contributed by atoms with Crippen molar-refractivity contribution in [1.29, 1.82) is 0 Å². The van der Waals surface area contributed by atoms with E-state index in [-0.39, 0.29) is 12.5 Å². The Morgan fingerprint density at radius 2 is 2.04 bits per heavy atom. The highest BCUT2D eigenvalue weighted by molar-refractivity contribution is 7.14. The van der Waals surface area contributed by atoms with E-state index >= 15 is 0 Å². The van der Waals surface area contributed by atoms with Gasteiger partial charge in [-0.2, -0.15) is 0 Å². The Bertz CT molecular complexity index is 1010. The van der Waals surface area contributed by atoms with Gasteiger partial charge in [0, 0.05) is 17.1 Å². The fourth-order valence-corrected chi connectivity index (χ4v) is 3.85. The lowest BCUT2D eigenvalue weighted by molar-refractivity contribution is 0.0607. The molecule has 1 aliphatic heterocycles. The minimum atomic E-state index is -0.497. The van der Waals surface area contributed by atoms with Gasteiger partial charge in [0.15, 0.2) is 16.6 Å². The minimum Gasteiger partial charge on any atom is -0.465 e. The number of nitrogens with zero attached hydrogens (tertiary/aromatic N) is 1. The quantitative estimate of drug-likeness (QED) is 0.627. The number of benzene rings is 1. The van der Waals surface area contributed by atoms with Gasteiger partial charge in [-0.25, -0.2) is 9.78 Å². The summed E-state index contributed by atoms with van der Waals surface area (Å²) in [6, 6.07) is 7.09. The fraction of sp³-hybridized carbons (Fsp3) is 0.118. The van der Waals surface area contributed by atoms with Gasteiger partial charge in [0.1, 0.15) is 10.6 Å². The smallest absolute Gasteiger partial charge is 0.350 e. The maximum Gasteiger partial charge on any atom is 0.350 e. The molecular formula is C17H13N3O5S2. The Hall–Kier alpha value is -3.11. The lowest BCUT2D eigenvalue weighted by Gasteiger charge is -2.04. The zero-order valence-corrected chi connectivity index (χ0v) is 15.6. The number of carbonyl (C=O) groups excluding carboxylic acids is 2. The molecule has 0 spiro atoms.